The largest absolute Gasteiger partial charge is 0.549 e. The van der Waals surface area contributed by atoms with E-state index in [-0.39, 0.29) is 0 Å². The molecule has 4 unspecified atom stereocenters. The highest BCUT2D eigenvalue weighted by Gasteiger charge is 2.53. The minimum atomic E-state index is -2.69. The lowest BCUT2D eigenvalue weighted by atomic mass is 9.63. The number of carboxylic acid groups (broad SMARTS) is 2. The zero-order valence-corrected chi connectivity index (χ0v) is 20.1. The van der Waals surface area contributed by atoms with Crippen molar-refractivity contribution < 1.29 is 38.9 Å². The first-order valence-electron chi connectivity index (χ1n) is 11.1. The van der Waals surface area contributed by atoms with Crippen molar-refractivity contribution >= 4 is 23.9 Å². The summed E-state index contributed by atoms with van der Waals surface area (Å²) in [4.78, 5) is 50.4. The number of esters is 2. The summed E-state index contributed by atoms with van der Waals surface area (Å²) in [7, 11) is 0. The molecule has 0 radical (unpaired) electrons. The van der Waals surface area contributed by atoms with E-state index in [2.05, 4.69) is 6.58 Å². The molecule has 0 saturated carbocycles. The molecule has 8 heteroatoms. The van der Waals surface area contributed by atoms with Gasteiger partial charge in [0.2, 0.25) is 0 Å². The summed E-state index contributed by atoms with van der Waals surface area (Å²) in [5, 5.41) is 24.3. The second-order valence-electron chi connectivity index (χ2n) is 8.35. The van der Waals surface area contributed by atoms with Gasteiger partial charge >= 0.3 is 11.9 Å². The molecule has 2 rings (SSSR count). The fourth-order valence-electron chi connectivity index (χ4n) is 4.05. The summed E-state index contributed by atoms with van der Waals surface area (Å²) < 4.78 is 10.9. The van der Waals surface area contributed by atoms with Crippen molar-refractivity contribution in [3.63, 3.8) is 0 Å². The summed E-state index contributed by atoms with van der Waals surface area (Å²) >= 11 is 0. The van der Waals surface area contributed by atoms with Gasteiger partial charge in [0.1, 0.15) is 12.2 Å². The molecule has 0 aliphatic rings. The van der Waals surface area contributed by atoms with E-state index < -0.39 is 58.9 Å². The van der Waals surface area contributed by atoms with Gasteiger partial charge in [0.25, 0.3) is 0 Å². The van der Waals surface area contributed by atoms with Crippen LogP contribution in [0, 0.1) is 17.3 Å². The Balaban J connectivity index is 2.41. The van der Waals surface area contributed by atoms with Crippen molar-refractivity contribution in [1.29, 1.82) is 0 Å². The SMILES string of the molecule is C=C(C(=O)[O-])C(C(=O)[O-])(C(C)C(=O)OC(C)c1ccccc1)C(C)C(=O)OC(C)c1ccccc1. The predicted octanol–water partition coefficient (Wildman–Crippen LogP) is 1.91. The lowest BCUT2D eigenvalue weighted by molar-refractivity contribution is -0.326. The first-order valence-corrected chi connectivity index (χ1v) is 11.1. The minimum Gasteiger partial charge on any atom is -0.549 e. The second kappa shape index (κ2) is 11.5. The van der Waals surface area contributed by atoms with Crippen LogP contribution >= 0.6 is 0 Å². The summed E-state index contributed by atoms with van der Waals surface area (Å²) in [5.41, 5.74) is -2.42. The zero-order valence-electron chi connectivity index (χ0n) is 20.1. The third kappa shape index (κ3) is 5.77. The number of hydrogen-bond acceptors (Lipinski definition) is 8. The fourth-order valence-corrected chi connectivity index (χ4v) is 4.05. The van der Waals surface area contributed by atoms with E-state index in [0.717, 1.165) is 13.8 Å². The van der Waals surface area contributed by atoms with Gasteiger partial charge in [-0.3, -0.25) is 9.59 Å². The summed E-state index contributed by atoms with van der Waals surface area (Å²) in [5.74, 6) is -9.40. The van der Waals surface area contributed by atoms with E-state index in [1.807, 2.05) is 0 Å². The average molecular weight is 481 g/mol. The standard InChI is InChI=1S/C27H30O8/c1-16(23(28)29)27(26(32)33,17(2)24(30)34-19(4)21-12-8-6-9-13-21)18(3)25(31)35-20(5)22-14-10-7-11-15-22/h6-15,17-20H,1H2,2-5H3,(H,28,29)(H,32,33)/p-2. The molecule has 2 aromatic rings. The van der Waals surface area contributed by atoms with Crippen molar-refractivity contribution in [1.82, 2.24) is 0 Å². The van der Waals surface area contributed by atoms with Gasteiger partial charge in [-0.15, -0.1) is 0 Å². The molecule has 0 spiro atoms. The van der Waals surface area contributed by atoms with Gasteiger partial charge < -0.3 is 29.3 Å². The third-order valence-corrected chi connectivity index (χ3v) is 6.28. The Kier molecular flexibility index (Phi) is 8.94. The van der Waals surface area contributed by atoms with Gasteiger partial charge in [-0.25, -0.2) is 0 Å². The lowest BCUT2D eigenvalue weighted by Crippen LogP contribution is -2.58. The highest BCUT2D eigenvalue weighted by atomic mass is 16.5. The van der Waals surface area contributed by atoms with Crippen molar-refractivity contribution in [2.24, 2.45) is 17.3 Å². The molecule has 186 valence electrons. The molecule has 0 saturated heterocycles. The van der Waals surface area contributed by atoms with Crippen LogP contribution in [-0.4, -0.2) is 23.9 Å². The molecular weight excluding hydrogens is 452 g/mol. The van der Waals surface area contributed by atoms with Crippen LogP contribution in [0.2, 0.25) is 0 Å². The second-order valence-corrected chi connectivity index (χ2v) is 8.35. The maximum absolute atomic E-state index is 13.1. The molecule has 2 aromatic carbocycles. The van der Waals surface area contributed by atoms with Crippen molar-refractivity contribution in [2.75, 3.05) is 0 Å². The fraction of sp³-hybridized carbons (Fsp3) is 0.333. The summed E-state index contributed by atoms with van der Waals surface area (Å²) in [6, 6.07) is 17.3. The van der Waals surface area contributed by atoms with E-state index in [1.54, 1.807) is 74.5 Å². The van der Waals surface area contributed by atoms with Crippen LogP contribution in [0.15, 0.2) is 72.8 Å². The third-order valence-electron chi connectivity index (χ3n) is 6.28. The van der Waals surface area contributed by atoms with E-state index >= 15 is 0 Å². The Hall–Kier alpha value is -3.94. The number of carbonyl (C=O) groups is 4. The molecule has 0 fully saturated rings. The number of aliphatic carboxylic acids is 2. The van der Waals surface area contributed by atoms with Crippen molar-refractivity contribution in [3.8, 4) is 0 Å². The maximum Gasteiger partial charge on any atom is 0.310 e. The Morgan fingerprint density at radius 2 is 1.06 bits per heavy atom. The minimum absolute atomic E-state index is 0.634. The molecule has 0 aliphatic carbocycles. The Labute approximate surface area is 204 Å². The number of carbonyl (C=O) groups excluding carboxylic acids is 4. The van der Waals surface area contributed by atoms with E-state index in [0.29, 0.717) is 11.1 Å². The quantitative estimate of drug-likeness (QED) is 0.352. The molecular formula is C27H28O8-2. The van der Waals surface area contributed by atoms with Crippen LogP contribution in [-0.2, 0) is 28.7 Å². The molecule has 35 heavy (non-hydrogen) atoms. The van der Waals surface area contributed by atoms with Gasteiger partial charge in [0.05, 0.1) is 29.2 Å². The Morgan fingerprint density at radius 3 is 1.34 bits per heavy atom. The van der Waals surface area contributed by atoms with Crippen molar-refractivity contribution in [2.45, 2.75) is 39.9 Å². The molecule has 0 N–H and O–H groups in total. The normalized spacial score (nSPS) is 16.0. The molecule has 0 heterocycles. The Morgan fingerprint density at radius 1 is 0.714 bits per heavy atom. The molecule has 0 amide bonds. The van der Waals surface area contributed by atoms with Crippen LogP contribution in [0.5, 0.6) is 0 Å². The number of benzene rings is 2. The topological polar surface area (TPSA) is 133 Å². The van der Waals surface area contributed by atoms with Crippen LogP contribution < -0.4 is 10.2 Å². The van der Waals surface area contributed by atoms with E-state index in [4.69, 9.17) is 9.47 Å². The van der Waals surface area contributed by atoms with Gasteiger partial charge in [0.15, 0.2) is 0 Å². The molecule has 8 nitrogen and oxygen atoms in total. The molecule has 0 aromatic heterocycles. The lowest BCUT2D eigenvalue weighted by Gasteiger charge is -2.44. The number of carboxylic acids is 2. The Bertz CT molecular complexity index is 1010. The predicted molar refractivity (Wildman–Crippen MR) is 122 cm³/mol. The monoisotopic (exact) mass is 480 g/mol. The highest BCUT2D eigenvalue weighted by Crippen LogP contribution is 2.44. The summed E-state index contributed by atoms with van der Waals surface area (Å²) in [6.45, 7) is 8.78. The van der Waals surface area contributed by atoms with E-state index in [1.165, 1.54) is 0 Å². The molecule has 0 aliphatic heterocycles. The van der Waals surface area contributed by atoms with Crippen LogP contribution in [0.4, 0.5) is 0 Å². The molecule has 0 bridgehead atoms. The number of hydrogen-bond donors (Lipinski definition) is 0. The molecule has 4 atom stereocenters. The van der Waals surface area contributed by atoms with Crippen LogP contribution in [0.1, 0.15) is 51.0 Å². The van der Waals surface area contributed by atoms with E-state index in [9.17, 15) is 29.4 Å². The average Bonchev–Trinajstić information content (AvgIpc) is 2.84. The smallest absolute Gasteiger partial charge is 0.310 e. The highest BCUT2D eigenvalue weighted by molar-refractivity contribution is 6.00. The first-order chi connectivity index (χ1) is 16.4. The van der Waals surface area contributed by atoms with Gasteiger partial charge in [-0.2, -0.15) is 0 Å². The zero-order chi connectivity index (χ0) is 26.3. The van der Waals surface area contributed by atoms with Gasteiger partial charge in [-0.05, 0) is 30.5 Å². The van der Waals surface area contributed by atoms with Crippen LogP contribution in [0.25, 0.3) is 0 Å². The maximum atomic E-state index is 13.1. The van der Waals surface area contributed by atoms with Gasteiger partial charge in [0, 0.05) is 0 Å². The number of rotatable bonds is 11. The van der Waals surface area contributed by atoms with Crippen LogP contribution in [0.3, 0.4) is 0 Å². The first kappa shape index (κ1) is 27.3. The summed E-state index contributed by atoms with van der Waals surface area (Å²) in [6.07, 6.45) is -1.55. The number of ether oxygens (including phenoxy) is 2. The van der Waals surface area contributed by atoms with Crippen molar-refractivity contribution in [3.05, 3.63) is 83.9 Å². The van der Waals surface area contributed by atoms with Gasteiger partial charge in [-0.1, -0.05) is 81.1 Å².